The molecular weight excluding hydrogens is 310 g/mol. The monoisotopic (exact) mass is 322 g/mol. The Morgan fingerprint density at radius 2 is 1.64 bits per heavy atom. The third kappa shape index (κ3) is 3.25. The fourth-order valence-corrected chi connectivity index (χ4v) is 2.67. The number of hydrogen-bond donors (Lipinski definition) is 0. The SMILES string of the molecule is FC(F)Oc1ccc(C2N=NCC2c2ccc(Cl)cc2)cc1. The Bertz CT molecular complexity index is 659. The van der Waals surface area contributed by atoms with Crippen molar-refractivity contribution >= 4 is 11.6 Å². The van der Waals surface area contributed by atoms with Crippen LogP contribution in [0.3, 0.4) is 0 Å². The van der Waals surface area contributed by atoms with Crippen LogP contribution in [0.15, 0.2) is 58.8 Å². The number of nitrogens with zero attached hydrogens (tertiary/aromatic N) is 2. The summed E-state index contributed by atoms with van der Waals surface area (Å²) < 4.78 is 28.7. The van der Waals surface area contributed by atoms with Crippen molar-refractivity contribution in [1.82, 2.24) is 0 Å². The molecule has 0 aliphatic carbocycles. The number of rotatable bonds is 4. The molecule has 0 aromatic heterocycles. The normalized spacial score (nSPS) is 20.5. The van der Waals surface area contributed by atoms with Gasteiger partial charge < -0.3 is 4.74 Å². The van der Waals surface area contributed by atoms with Crippen LogP contribution in [0.25, 0.3) is 0 Å². The van der Waals surface area contributed by atoms with Crippen LogP contribution >= 0.6 is 11.6 Å². The van der Waals surface area contributed by atoms with Crippen molar-refractivity contribution in [3.8, 4) is 5.75 Å². The van der Waals surface area contributed by atoms with Gasteiger partial charge in [0.15, 0.2) is 0 Å². The molecule has 6 heteroatoms. The molecule has 1 heterocycles. The van der Waals surface area contributed by atoms with Crippen molar-refractivity contribution in [2.24, 2.45) is 10.2 Å². The fraction of sp³-hybridized carbons (Fsp3) is 0.250. The van der Waals surface area contributed by atoms with E-state index in [-0.39, 0.29) is 17.7 Å². The summed E-state index contributed by atoms with van der Waals surface area (Å²) in [5.41, 5.74) is 2.02. The molecule has 1 aliphatic heterocycles. The summed E-state index contributed by atoms with van der Waals surface area (Å²) in [6.07, 6.45) is 0. The molecule has 2 atom stereocenters. The van der Waals surface area contributed by atoms with Crippen LogP contribution < -0.4 is 4.74 Å². The molecule has 0 spiro atoms. The minimum atomic E-state index is -2.82. The maximum Gasteiger partial charge on any atom is 0.387 e. The van der Waals surface area contributed by atoms with Crippen LogP contribution in [0, 0.1) is 0 Å². The zero-order chi connectivity index (χ0) is 15.5. The second kappa shape index (κ2) is 6.40. The van der Waals surface area contributed by atoms with E-state index in [4.69, 9.17) is 11.6 Å². The Labute approximate surface area is 131 Å². The maximum absolute atomic E-state index is 12.2. The Morgan fingerprint density at radius 3 is 2.27 bits per heavy atom. The highest BCUT2D eigenvalue weighted by Crippen LogP contribution is 2.39. The van der Waals surface area contributed by atoms with Gasteiger partial charge in [0.1, 0.15) is 11.8 Å². The molecule has 114 valence electrons. The summed E-state index contributed by atoms with van der Waals surface area (Å²) in [5.74, 6) is 0.260. The largest absolute Gasteiger partial charge is 0.435 e. The fourth-order valence-electron chi connectivity index (χ4n) is 2.55. The number of alkyl halides is 2. The Hall–Kier alpha value is -2.01. The van der Waals surface area contributed by atoms with Crippen molar-refractivity contribution in [2.75, 3.05) is 6.54 Å². The number of benzene rings is 2. The van der Waals surface area contributed by atoms with Gasteiger partial charge in [-0.3, -0.25) is 0 Å². The van der Waals surface area contributed by atoms with Crippen LogP contribution in [0.4, 0.5) is 8.78 Å². The van der Waals surface area contributed by atoms with Crippen LogP contribution in [-0.2, 0) is 0 Å². The first kappa shape index (κ1) is 14.9. The summed E-state index contributed by atoms with van der Waals surface area (Å²) in [7, 11) is 0. The molecular formula is C16H13ClF2N2O. The molecule has 0 N–H and O–H groups in total. The van der Waals surface area contributed by atoms with E-state index < -0.39 is 6.61 Å². The van der Waals surface area contributed by atoms with E-state index in [1.54, 1.807) is 12.1 Å². The standard InChI is InChI=1S/C16H13ClF2N2O/c17-12-5-1-10(2-6-12)14-9-20-21-15(14)11-3-7-13(8-4-11)22-16(18)19/h1-8,14-16H,9H2. The second-order valence-electron chi connectivity index (χ2n) is 4.99. The highest BCUT2D eigenvalue weighted by atomic mass is 35.5. The molecule has 3 nitrogen and oxygen atoms in total. The lowest BCUT2D eigenvalue weighted by Gasteiger charge is -2.17. The predicted molar refractivity (Wildman–Crippen MR) is 79.7 cm³/mol. The Kier molecular flexibility index (Phi) is 4.34. The minimum absolute atomic E-state index is 0.123. The molecule has 0 radical (unpaired) electrons. The van der Waals surface area contributed by atoms with Gasteiger partial charge >= 0.3 is 6.61 Å². The van der Waals surface area contributed by atoms with E-state index >= 15 is 0 Å². The Morgan fingerprint density at radius 1 is 1.00 bits per heavy atom. The van der Waals surface area contributed by atoms with Crippen molar-refractivity contribution in [3.63, 3.8) is 0 Å². The van der Waals surface area contributed by atoms with Crippen molar-refractivity contribution in [2.45, 2.75) is 18.6 Å². The summed E-state index contributed by atoms with van der Waals surface area (Å²) in [6.45, 7) is -2.22. The van der Waals surface area contributed by atoms with E-state index in [1.807, 2.05) is 24.3 Å². The number of ether oxygens (including phenoxy) is 1. The topological polar surface area (TPSA) is 34.0 Å². The van der Waals surface area contributed by atoms with Crippen molar-refractivity contribution in [1.29, 1.82) is 0 Å². The van der Waals surface area contributed by atoms with Crippen LogP contribution in [-0.4, -0.2) is 13.2 Å². The van der Waals surface area contributed by atoms with E-state index in [0.29, 0.717) is 11.6 Å². The summed E-state index contributed by atoms with van der Waals surface area (Å²) in [5, 5.41) is 9.09. The molecule has 1 aliphatic rings. The molecule has 2 aromatic rings. The van der Waals surface area contributed by atoms with Crippen LogP contribution in [0.1, 0.15) is 23.1 Å². The molecule has 0 saturated heterocycles. The Balaban J connectivity index is 1.80. The maximum atomic E-state index is 12.2. The van der Waals surface area contributed by atoms with Crippen LogP contribution in [0.5, 0.6) is 5.75 Å². The minimum Gasteiger partial charge on any atom is -0.435 e. The van der Waals surface area contributed by atoms with Crippen LogP contribution in [0.2, 0.25) is 5.02 Å². The quantitative estimate of drug-likeness (QED) is 0.758. The van der Waals surface area contributed by atoms with Gasteiger partial charge in [-0.05, 0) is 35.4 Å². The lowest BCUT2D eigenvalue weighted by Crippen LogP contribution is -2.08. The molecule has 2 aromatic carbocycles. The van der Waals surface area contributed by atoms with Crippen molar-refractivity contribution < 1.29 is 13.5 Å². The zero-order valence-corrected chi connectivity index (χ0v) is 12.3. The third-order valence-corrected chi connectivity index (χ3v) is 3.86. The highest BCUT2D eigenvalue weighted by Gasteiger charge is 2.28. The molecule has 22 heavy (non-hydrogen) atoms. The second-order valence-corrected chi connectivity index (χ2v) is 5.43. The number of azo groups is 1. The van der Waals surface area contributed by atoms with Gasteiger partial charge in [0.25, 0.3) is 0 Å². The van der Waals surface area contributed by atoms with Gasteiger partial charge in [0.05, 0.1) is 6.54 Å². The molecule has 0 bridgehead atoms. The summed E-state index contributed by atoms with van der Waals surface area (Å²) >= 11 is 5.91. The lowest BCUT2D eigenvalue weighted by atomic mass is 9.88. The van der Waals surface area contributed by atoms with Gasteiger partial charge in [-0.25, -0.2) is 0 Å². The van der Waals surface area contributed by atoms with E-state index in [1.165, 1.54) is 12.1 Å². The van der Waals surface area contributed by atoms with E-state index in [9.17, 15) is 8.78 Å². The summed E-state index contributed by atoms with van der Waals surface area (Å²) in [6, 6.07) is 14.0. The van der Waals surface area contributed by atoms with E-state index in [2.05, 4.69) is 15.0 Å². The van der Waals surface area contributed by atoms with E-state index in [0.717, 1.165) is 11.1 Å². The lowest BCUT2D eigenvalue weighted by molar-refractivity contribution is -0.0498. The highest BCUT2D eigenvalue weighted by molar-refractivity contribution is 6.30. The van der Waals surface area contributed by atoms with Gasteiger partial charge in [-0.1, -0.05) is 35.9 Å². The molecule has 3 rings (SSSR count). The van der Waals surface area contributed by atoms with Gasteiger partial charge in [0.2, 0.25) is 0 Å². The zero-order valence-electron chi connectivity index (χ0n) is 11.5. The van der Waals surface area contributed by atoms with Gasteiger partial charge in [-0.15, -0.1) is 0 Å². The molecule has 0 fully saturated rings. The molecule has 0 amide bonds. The average Bonchev–Trinajstić information content (AvgIpc) is 2.97. The molecule has 0 saturated carbocycles. The average molecular weight is 323 g/mol. The first-order valence-corrected chi connectivity index (χ1v) is 7.18. The number of hydrogen-bond acceptors (Lipinski definition) is 3. The summed E-state index contributed by atoms with van der Waals surface area (Å²) in [4.78, 5) is 0. The predicted octanol–water partition coefficient (Wildman–Crippen LogP) is 5.23. The first-order chi connectivity index (χ1) is 10.6. The first-order valence-electron chi connectivity index (χ1n) is 6.80. The van der Waals surface area contributed by atoms with Crippen molar-refractivity contribution in [3.05, 3.63) is 64.7 Å². The third-order valence-electron chi connectivity index (χ3n) is 3.61. The smallest absolute Gasteiger partial charge is 0.387 e. The molecule has 2 unspecified atom stereocenters. The van der Waals surface area contributed by atoms with Gasteiger partial charge in [0, 0.05) is 10.9 Å². The van der Waals surface area contributed by atoms with Gasteiger partial charge in [-0.2, -0.15) is 19.0 Å². The number of halogens is 3.